The molecule has 0 aliphatic heterocycles. The minimum absolute atomic E-state index is 0.200. The smallest absolute Gasteiger partial charge is 0.250 e. The Morgan fingerprint density at radius 3 is 2.54 bits per heavy atom. The summed E-state index contributed by atoms with van der Waals surface area (Å²) < 4.78 is 8.01. The van der Waals surface area contributed by atoms with Crippen LogP contribution >= 0.6 is 11.8 Å². The van der Waals surface area contributed by atoms with Crippen LogP contribution < -0.4 is 10.2 Å². The predicted octanol–water partition coefficient (Wildman–Crippen LogP) is 6.43. The van der Waals surface area contributed by atoms with Gasteiger partial charge in [-0.15, -0.1) is 0 Å². The van der Waals surface area contributed by atoms with Crippen LogP contribution in [0.25, 0.3) is 11.0 Å². The Balaban J connectivity index is 1.21. The van der Waals surface area contributed by atoms with Crippen molar-refractivity contribution in [3.8, 4) is 11.5 Å². The number of aromatic nitrogens is 2. The van der Waals surface area contributed by atoms with E-state index in [1.807, 2.05) is 72.8 Å². The van der Waals surface area contributed by atoms with Crippen molar-refractivity contribution in [2.24, 2.45) is 5.10 Å². The number of thioether (sulfide) groups is 1. The summed E-state index contributed by atoms with van der Waals surface area (Å²) in [5, 5.41) is 4.92. The minimum Gasteiger partial charge on any atom is -0.457 e. The first-order valence-electron chi connectivity index (χ1n) is 11.9. The van der Waals surface area contributed by atoms with E-state index in [-0.39, 0.29) is 11.7 Å². The summed E-state index contributed by atoms with van der Waals surface area (Å²) in [6.45, 7) is 2.76. The first-order chi connectivity index (χ1) is 18.1. The molecule has 0 aliphatic carbocycles. The molecule has 0 spiro atoms. The summed E-state index contributed by atoms with van der Waals surface area (Å²) in [5.74, 6) is 1.46. The molecule has 0 atom stereocenters. The average Bonchev–Trinajstić information content (AvgIpc) is 3.27. The van der Waals surface area contributed by atoms with Crippen molar-refractivity contribution in [1.82, 2.24) is 15.0 Å². The van der Waals surface area contributed by atoms with Gasteiger partial charge >= 0.3 is 0 Å². The van der Waals surface area contributed by atoms with Gasteiger partial charge in [-0.3, -0.25) is 4.79 Å². The lowest BCUT2D eigenvalue weighted by Crippen LogP contribution is -2.20. The fraction of sp³-hybridized carbons (Fsp3) is 0.100. The number of amides is 1. The van der Waals surface area contributed by atoms with Crippen molar-refractivity contribution in [1.29, 1.82) is 0 Å². The summed E-state index contributed by atoms with van der Waals surface area (Å²) in [4.78, 5) is 17.3. The summed E-state index contributed by atoms with van der Waals surface area (Å²) >= 11 is 1.40. The number of aryl methyl sites for hydroxylation is 1. The van der Waals surface area contributed by atoms with Crippen molar-refractivity contribution in [2.75, 3.05) is 5.75 Å². The van der Waals surface area contributed by atoms with Gasteiger partial charge in [0.1, 0.15) is 11.5 Å². The van der Waals surface area contributed by atoms with Crippen LogP contribution in [0.5, 0.6) is 11.5 Å². The van der Waals surface area contributed by atoms with Crippen molar-refractivity contribution in [2.45, 2.75) is 18.6 Å². The number of nitrogens with one attached hydrogen (secondary N) is 1. The SMILES string of the molecule is Cc1ccc(Cn2c(SCC(=O)N/N=C\c3cccc(Oc4ccccc4)c3)nc3ccccc32)cc1. The maximum Gasteiger partial charge on any atom is 0.250 e. The van der Waals surface area contributed by atoms with Gasteiger partial charge in [-0.05, 0) is 54.4 Å². The number of hydrogen-bond acceptors (Lipinski definition) is 5. The lowest BCUT2D eigenvalue weighted by atomic mass is 10.1. The van der Waals surface area contributed by atoms with E-state index in [1.165, 1.54) is 22.9 Å². The number of fused-ring (bicyclic) bond motifs is 1. The molecule has 1 amide bonds. The van der Waals surface area contributed by atoms with E-state index in [0.717, 1.165) is 27.5 Å². The minimum atomic E-state index is -0.202. The Morgan fingerprint density at radius 1 is 0.946 bits per heavy atom. The molecule has 0 radical (unpaired) electrons. The van der Waals surface area contributed by atoms with Gasteiger partial charge in [0.25, 0.3) is 5.91 Å². The maximum atomic E-state index is 12.5. The lowest BCUT2D eigenvalue weighted by Gasteiger charge is -2.09. The Labute approximate surface area is 220 Å². The highest BCUT2D eigenvalue weighted by molar-refractivity contribution is 7.99. The fourth-order valence-electron chi connectivity index (χ4n) is 3.82. The van der Waals surface area contributed by atoms with Crippen molar-refractivity contribution >= 4 is 34.9 Å². The number of nitrogens with zero attached hydrogens (tertiary/aromatic N) is 3. The zero-order valence-corrected chi connectivity index (χ0v) is 21.2. The van der Waals surface area contributed by atoms with Crippen LogP contribution in [0.1, 0.15) is 16.7 Å². The van der Waals surface area contributed by atoms with Gasteiger partial charge in [0, 0.05) is 0 Å². The molecule has 1 aromatic heterocycles. The summed E-state index contributed by atoms with van der Waals surface area (Å²) in [7, 11) is 0. The monoisotopic (exact) mass is 506 g/mol. The quantitative estimate of drug-likeness (QED) is 0.142. The topological polar surface area (TPSA) is 68.5 Å². The first kappa shape index (κ1) is 24.3. The second-order valence-electron chi connectivity index (χ2n) is 8.52. The number of benzene rings is 4. The van der Waals surface area contributed by atoms with E-state index in [9.17, 15) is 4.79 Å². The van der Waals surface area contributed by atoms with Gasteiger partial charge in [0.2, 0.25) is 0 Å². The number of ether oxygens (including phenoxy) is 1. The molecule has 0 bridgehead atoms. The normalized spacial score (nSPS) is 11.2. The Kier molecular flexibility index (Phi) is 7.62. The van der Waals surface area contributed by atoms with Gasteiger partial charge in [0.15, 0.2) is 5.16 Å². The maximum absolute atomic E-state index is 12.5. The number of carbonyl (C=O) groups is 1. The molecule has 0 saturated heterocycles. The molecule has 7 heteroatoms. The third-order valence-electron chi connectivity index (χ3n) is 5.65. The molecule has 0 fully saturated rings. The molecule has 6 nitrogen and oxygen atoms in total. The molecular formula is C30H26N4O2S. The van der Waals surface area contributed by atoms with Crippen LogP contribution in [-0.4, -0.2) is 27.4 Å². The largest absolute Gasteiger partial charge is 0.457 e. The number of carbonyl (C=O) groups excluding carboxylic acids is 1. The summed E-state index contributed by atoms with van der Waals surface area (Å²) in [6.07, 6.45) is 1.60. The van der Waals surface area contributed by atoms with Gasteiger partial charge in [-0.1, -0.05) is 84.1 Å². The van der Waals surface area contributed by atoms with E-state index in [1.54, 1.807) is 6.21 Å². The number of para-hydroxylation sites is 3. The molecule has 4 aromatic carbocycles. The Morgan fingerprint density at radius 2 is 1.70 bits per heavy atom. The van der Waals surface area contributed by atoms with Gasteiger partial charge in [-0.25, -0.2) is 10.4 Å². The second kappa shape index (κ2) is 11.6. The van der Waals surface area contributed by atoms with Gasteiger partial charge < -0.3 is 9.30 Å². The molecule has 5 rings (SSSR count). The third-order valence-corrected chi connectivity index (χ3v) is 6.63. The highest BCUT2D eigenvalue weighted by Gasteiger charge is 2.13. The zero-order valence-electron chi connectivity index (χ0n) is 20.4. The standard InChI is InChI=1S/C30H26N4O2S/c1-22-14-16-23(17-15-22)20-34-28-13-6-5-12-27(28)32-30(34)37-21-29(35)33-31-19-24-8-7-11-26(18-24)36-25-9-3-2-4-10-25/h2-19H,20-21H2,1H3,(H,33,35)/b31-19-. The molecular weight excluding hydrogens is 480 g/mol. The van der Waals surface area contributed by atoms with E-state index in [0.29, 0.717) is 12.3 Å². The van der Waals surface area contributed by atoms with Crippen molar-refractivity contribution in [3.05, 3.63) is 120 Å². The molecule has 1 heterocycles. The highest BCUT2D eigenvalue weighted by atomic mass is 32.2. The van der Waals surface area contributed by atoms with E-state index >= 15 is 0 Å². The van der Waals surface area contributed by atoms with E-state index in [2.05, 4.69) is 52.3 Å². The van der Waals surface area contributed by atoms with Crippen LogP contribution in [0.2, 0.25) is 0 Å². The van der Waals surface area contributed by atoms with Crippen LogP contribution in [0.15, 0.2) is 113 Å². The number of imidazole rings is 1. The zero-order chi connectivity index (χ0) is 25.5. The molecule has 37 heavy (non-hydrogen) atoms. The lowest BCUT2D eigenvalue weighted by molar-refractivity contribution is -0.118. The predicted molar refractivity (Wildman–Crippen MR) is 149 cm³/mol. The van der Waals surface area contributed by atoms with Gasteiger partial charge in [-0.2, -0.15) is 5.10 Å². The highest BCUT2D eigenvalue weighted by Crippen LogP contribution is 2.25. The molecule has 0 saturated carbocycles. The Hall–Kier alpha value is -4.36. The second-order valence-corrected chi connectivity index (χ2v) is 9.47. The van der Waals surface area contributed by atoms with Crippen LogP contribution in [0, 0.1) is 6.92 Å². The van der Waals surface area contributed by atoms with Crippen LogP contribution in [-0.2, 0) is 11.3 Å². The van der Waals surface area contributed by atoms with E-state index < -0.39 is 0 Å². The summed E-state index contributed by atoms with van der Waals surface area (Å²) in [6, 6.07) is 33.6. The molecule has 0 aliphatic rings. The first-order valence-corrected chi connectivity index (χ1v) is 12.9. The van der Waals surface area contributed by atoms with Gasteiger partial charge in [0.05, 0.1) is 29.5 Å². The number of rotatable bonds is 9. The molecule has 5 aromatic rings. The summed E-state index contributed by atoms with van der Waals surface area (Å²) in [5.41, 5.74) is 7.79. The number of hydrazone groups is 1. The van der Waals surface area contributed by atoms with E-state index in [4.69, 9.17) is 9.72 Å². The van der Waals surface area contributed by atoms with Crippen LogP contribution in [0.4, 0.5) is 0 Å². The van der Waals surface area contributed by atoms with Crippen LogP contribution in [0.3, 0.4) is 0 Å². The fourth-order valence-corrected chi connectivity index (χ4v) is 4.62. The third kappa shape index (κ3) is 6.45. The molecule has 184 valence electrons. The Bertz CT molecular complexity index is 1530. The number of hydrogen-bond donors (Lipinski definition) is 1. The van der Waals surface area contributed by atoms with Crippen molar-refractivity contribution < 1.29 is 9.53 Å². The molecule has 1 N–H and O–H groups in total. The molecule has 0 unspecified atom stereocenters. The van der Waals surface area contributed by atoms with Crippen molar-refractivity contribution in [3.63, 3.8) is 0 Å². The average molecular weight is 507 g/mol.